The van der Waals surface area contributed by atoms with Crippen molar-refractivity contribution in [2.24, 2.45) is 5.92 Å². The summed E-state index contributed by atoms with van der Waals surface area (Å²) in [4.78, 5) is 17.5. The van der Waals surface area contributed by atoms with Crippen LogP contribution >= 0.6 is 0 Å². The molecule has 0 atom stereocenters. The van der Waals surface area contributed by atoms with E-state index in [9.17, 15) is 18.0 Å². The molecule has 5 rings (SSSR count). The van der Waals surface area contributed by atoms with Crippen molar-refractivity contribution in [3.63, 3.8) is 0 Å². The highest BCUT2D eigenvalue weighted by Gasteiger charge is 2.36. The molecule has 37 heavy (non-hydrogen) atoms. The third-order valence-electron chi connectivity index (χ3n) is 7.06. The number of hydrogen-bond acceptors (Lipinski definition) is 6. The Kier molecular flexibility index (Phi) is 6.87. The molecule has 2 aliphatic heterocycles. The van der Waals surface area contributed by atoms with Crippen LogP contribution in [0.15, 0.2) is 59.1 Å². The molecule has 0 spiro atoms. The van der Waals surface area contributed by atoms with Crippen molar-refractivity contribution in [1.82, 2.24) is 15.0 Å². The van der Waals surface area contributed by atoms with Crippen molar-refractivity contribution in [2.45, 2.75) is 31.0 Å². The molecule has 1 aromatic heterocycles. The van der Waals surface area contributed by atoms with Crippen LogP contribution in [0.4, 0.5) is 13.2 Å². The molecule has 2 saturated heterocycles. The number of allylic oxidation sites excluding steroid dienone is 1. The number of hydrogen-bond donors (Lipinski definition) is 1. The SMILES string of the molecule is O=C(O)C1CN(Cc2ccc(-c3noc(/C=C/C4(c5cccc(C(F)(F)F)c5)CCOCC4)n3)cc2)C1. The maximum Gasteiger partial charge on any atom is 0.416 e. The fraction of sp³-hybridized carbons (Fsp3) is 0.370. The predicted molar refractivity (Wildman–Crippen MR) is 128 cm³/mol. The maximum atomic E-state index is 13.3. The summed E-state index contributed by atoms with van der Waals surface area (Å²) in [6, 6.07) is 13.1. The van der Waals surface area contributed by atoms with Crippen LogP contribution < -0.4 is 0 Å². The van der Waals surface area contributed by atoms with E-state index in [1.807, 2.05) is 30.3 Å². The quantitative estimate of drug-likeness (QED) is 0.474. The zero-order valence-electron chi connectivity index (χ0n) is 19.9. The first-order chi connectivity index (χ1) is 17.7. The summed E-state index contributed by atoms with van der Waals surface area (Å²) in [7, 11) is 0. The molecule has 0 unspecified atom stereocenters. The second-order valence-corrected chi connectivity index (χ2v) is 9.56. The largest absolute Gasteiger partial charge is 0.481 e. The van der Waals surface area contributed by atoms with Gasteiger partial charge in [0.25, 0.3) is 5.89 Å². The molecule has 2 aliphatic rings. The number of alkyl halides is 3. The smallest absolute Gasteiger partial charge is 0.416 e. The van der Waals surface area contributed by atoms with E-state index in [2.05, 4.69) is 15.0 Å². The Labute approximate surface area is 211 Å². The molecule has 2 aromatic carbocycles. The molecule has 3 heterocycles. The number of likely N-dealkylation sites (tertiary alicyclic amines) is 1. The summed E-state index contributed by atoms with van der Waals surface area (Å²) in [6.45, 7) is 2.65. The van der Waals surface area contributed by atoms with Gasteiger partial charge in [-0.1, -0.05) is 53.7 Å². The van der Waals surface area contributed by atoms with Crippen molar-refractivity contribution < 1.29 is 32.3 Å². The van der Waals surface area contributed by atoms with Crippen LogP contribution in [0.1, 0.15) is 35.4 Å². The second-order valence-electron chi connectivity index (χ2n) is 9.56. The number of rotatable bonds is 7. The number of aliphatic carboxylic acids is 1. The second kappa shape index (κ2) is 10.1. The van der Waals surface area contributed by atoms with E-state index in [1.54, 1.807) is 12.1 Å². The summed E-state index contributed by atoms with van der Waals surface area (Å²) < 4.78 is 50.9. The number of nitrogens with zero attached hydrogens (tertiary/aromatic N) is 3. The molecule has 1 N–H and O–H groups in total. The van der Waals surface area contributed by atoms with Gasteiger partial charge >= 0.3 is 12.1 Å². The van der Waals surface area contributed by atoms with Gasteiger partial charge in [0, 0.05) is 49.9 Å². The molecule has 0 aliphatic carbocycles. The van der Waals surface area contributed by atoms with Gasteiger partial charge in [-0.05, 0) is 30.0 Å². The van der Waals surface area contributed by atoms with Crippen LogP contribution in [0.2, 0.25) is 0 Å². The van der Waals surface area contributed by atoms with Gasteiger partial charge in [-0.15, -0.1) is 0 Å². The van der Waals surface area contributed by atoms with Crippen molar-refractivity contribution in [1.29, 1.82) is 0 Å². The fourth-order valence-electron chi connectivity index (χ4n) is 4.82. The summed E-state index contributed by atoms with van der Waals surface area (Å²) >= 11 is 0. The van der Waals surface area contributed by atoms with Gasteiger partial charge in [-0.3, -0.25) is 9.69 Å². The number of ether oxygens (including phenoxy) is 1. The van der Waals surface area contributed by atoms with Gasteiger partial charge in [0.1, 0.15) is 0 Å². The minimum absolute atomic E-state index is 0.261. The van der Waals surface area contributed by atoms with Gasteiger partial charge in [0.2, 0.25) is 5.82 Å². The van der Waals surface area contributed by atoms with Crippen molar-refractivity contribution >= 4 is 12.0 Å². The highest BCUT2D eigenvalue weighted by atomic mass is 19.4. The van der Waals surface area contributed by atoms with Gasteiger partial charge in [0.15, 0.2) is 0 Å². The molecule has 0 radical (unpaired) electrons. The van der Waals surface area contributed by atoms with E-state index in [0.717, 1.165) is 17.2 Å². The minimum Gasteiger partial charge on any atom is -0.481 e. The highest BCUT2D eigenvalue weighted by Crippen LogP contribution is 2.39. The summed E-state index contributed by atoms with van der Waals surface area (Å²) in [5, 5.41) is 13.1. The standard InChI is InChI=1S/C27H26F3N3O4/c28-27(29,30)22-3-1-2-21(14-22)26(10-12-36-13-11-26)9-8-23-31-24(32-37-23)19-6-4-18(5-7-19)15-33-16-20(17-33)25(34)35/h1-9,14,20H,10-13,15-17H2,(H,34,35)/b9-8+. The molecule has 194 valence electrons. The fourth-order valence-corrected chi connectivity index (χ4v) is 4.82. The maximum absolute atomic E-state index is 13.3. The average Bonchev–Trinajstić information content (AvgIpc) is 3.34. The topological polar surface area (TPSA) is 88.7 Å². The number of aromatic nitrogens is 2. The van der Waals surface area contributed by atoms with Crippen LogP contribution in [0.5, 0.6) is 0 Å². The van der Waals surface area contributed by atoms with Crippen molar-refractivity contribution in [3.05, 3.63) is 77.2 Å². The Hall–Kier alpha value is -3.50. The Bertz CT molecular complexity index is 1270. The molecular weight excluding hydrogens is 487 g/mol. The Balaban J connectivity index is 1.30. The molecule has 0 bridgehead atoms. The van der Waals surface area contributed by atoms with E-state index >= 15 is 0 Å². The number of carbonyl (C=O) groups is 1. The van der Waals surface area contributed by atoms with Gasteiger partial charge in [-0.2, -0.15) is 18.2 Å². The van der Waals surface area contributed by atoms with Crippen LogP contribution in [0.25, 0.3) is 17.5 Å². The van der Waals surface area contributed by atoms with E-state index < -0.39 is 23.1 Å². The predicted octanol–water partition coefficient (Wildman–Crippen LogP) is 5.03. The van der Waals surface area contributed by atoms with Crippen LogP contribution in [-0.2, 0) is 27.7 Å². The molecule has 7 nitrogen and oxygen atoms in total. The zero-order chi connectivity index (χ0) is 26.0. The number of carboxylic acid groups (broad SMARTS) is 1. The van der Waals surface area contributed by atoms with Crippen molar-refractivity contribution in [3.8, 4) is 11.4 Å². The Morgan fingerprint density at radius 3 is 2.54 bits per heavy atom. The number of benzene rings is 2. The molecule has 0 saturated carbocycles. The highest BCUT2D eigenvalue weighted by molar-refractivity contribution is 5.71. The minimum atomic E-state index is -4.42. The van der Waals surface area contributed by atoms with Gasteiger partial charge < -0.3 is 14.4 Å². The molecule has 2 fully saturated rings. The Morgan fingerprint density at radius 1 is 1.14 bits per heavy atom. The van der Waals surface area contributed by atoms with Gasteiger partial charge in [0.05, 0.1) is 11.5 Å². The monoisotopic (exact) mass is 513 g/mol. The summed E-state index contributed by atoms with van der Waals surface area (Å²) in [5.41, 5.74) is 1.08. The van der Waals surface area contributed by atoms with Gasteiger partial charge in [-0.25, -0.2) is 0 Å². The number of halogens is 3. The lowest BCUT2D eigenvalue weighted by Gasteiger charge is -2.36. The summed E-state index contributed by atoms with van der Waals surface area (Å²) in [6.07, 6.45) is 0.177. The first-order valence-electron chi connectivity index (χ1n) is 12.0. The lowest BCUT2D eigenvalue weighted by Crippen LogP contribution is -2.49. The zero-order valence-corrected chi connectivity index (χ0v) is 19.9. The average molecular weight is 514 g/mol. The lowest BCUT2D eigenvalue weighted by molar-refractivity contribution is -0.147. The lowest BCUT2D eigenvalue weighted by atomic mass is 9.73. The third kappa shape index (κ3) is 5.60. The van der Waals surface area contributed by atoms with Crippen LogP contribution in [-0.4, -0.2) is 52.4 Å². The van der Waals surface area contributed by atoms with E-state index in [4.69, 9.17) is 14.4 Å². The van der Waals surface area contributed by atoms with E-state index in [-0.39, 0.29) is 11.8 Å². The molecular formula is C27H26F3N3O4. The molecule has 0 amide bonds. The molecule has 3 aromatic rings. The summed E-state index contributed by atoms with van der Waals surface area (Å²) in [5.74, 6) is -0.386. The first-order valence-corrected chi connectivity index (χ1v) is 12.0. The number of carboxylic acids is 1. The van der Waals surface area contributed by atoms with E-state index in [1.165, 1.54) is 12.1 Å². The van der Waals surface area contributed by atoms with Crippen molar-refractivity contribution in [2.75, 3.05) is 26.3 Å². The molecule has 10 heteroatoms. The van der Waals surface area contributed by atoms with Crippen LogP contribution in [0, 0.1) is 5.92 Å². The third-order valence-corrected chi connectivity index (χ3v) is 7.06. The first kappa shape index (κ1) is 25.2. The van der Waals surface area contributed by atoms with Crippen LogP contribution in [0.3, 0.4) is 0 Å². The normalized spacial score (nSPS) is 18.7. The Morgan fingerprint density at radius 2 is 1.86 bits per heavy atom. The van der Waals surface area contributed by atoms with E-state index in [0.29, 0.717) is 57.1 Å².